The van der Waals surface area contributed by atoms with Crippen LogP contribution in [0.3, 0.4) is 0 Å². The van der Waals surface area contributed by atoms with Gasteiger partial charge in [0.15, 0.2) is 11.6 Å². The Morgan fingerprint density at radius 3 is 1.42 bits per heavy atom. The van der Waals surface area contributed by atoms with Crippen molar-refractivity contribution in [2.24, 2.45) is 0 Å². The van der Waals surface area contributed by atoms with Gasteiger partial charge in [-0.05, 0) is 39.5 Å². The molecule has 0 fully saturated rings. The normalized spacial score (nSPS) is 12.9. The SMILES string of the molecule is O=C1c2ccccc2C(=O)N1Cc1ccc2c3[cH-]c(nc4nc(nc5[n-]c(nc6nc(n3)-c3ccccc3-6)c3ccccc53)-c3ccccc3-4)c2c1.[Cu+2]. The van der Waals surface area contributed by atoms with E-state index < -0.39 is 0 Å². The summed E-state index contributed by atoms with van der Waals surface area (Å²) >= 11 is 0. The second-order valence-corrected chi connectivity index (χ2v) is 12.9. The Kier molecular flexibility index (Phi) is 6.78. The molecule has 5 heterocycles. The molecule has 0 atom stereocenters. The molecule has 3 aliphatic heterocycles. The average molecular weight is 734 g/mol. The van der Waals surface area contributed by atoms with Crippen LogP contribution in [0.5, 0.6) is 0 Å². The Bertz CT molecular complexity index is 3040. The molecule has 3 aliphatic rings. The molecule has 11 rings (SSSR count). The van der Waals surface area contributed by atoms with E-state index in [0.717, 1.165) is 49.4 Å². The topological polar surface area (TPSA) is 129 Å². The van der Waals surface area contributed by atoms with Gasteiger partial charge >= 0.3 is 17.1 Å². The molecule has 2 aromatic heterocycles. The van der Waals surface area contributed by atoms with Crippen LogP contribution in [-0.4, -0.2) is 46.6 Å². The third-order valence-corrected chi connectivity index (χ3v) is 9.87. The maximum atomic E-state index is 13.3. The Hall–Kier alpha value is -6.81. The van der Waals surface area contributed by atoms with Gasteiger partial charge in [0.05, 0.1) is 29.3 Å². The number of nitrogens with zero attached hydrogens (tertiary/aromatic N) is 8. The molecule has 11 heteroatoms. The van der Waals surface area contributed by atoms with Gasteiger partial charge in [-0.3, -0.25) is 24.5 Å². The van der Waals surface area contributed by atoms with Crippen molar-refractivity contribution in [1.82, 2.24) is 39.8 Å². The first-order chi connectivity index (χ1) is 25.6. The molecule has 1 radical (unpaired) electrons. The summed E-state index contributed by atoms with van der Waals surface area (Å²) in [6.45, 7) is 0.113. The Morgan fingerprint density at radius 2 is 0.906 bits per heavy atom. The number of rotatable bonds is 2. The van der Waals surface area contributed by atoms with Crippen LogP contribution in [0.2, 0.25) is 0 Å². The average Bonchev–Trinajstić information content (AvgIpc) is 3.96. The number of carbonyl (C=O) groups excluding carboxylic acids is 2. The fourth-order valence-electron chi connectivity index (χ4n) is 7.38. The van der Waals surface area contributed by atoms with Gasteiger partial charge in [0.25, 0.3) is 11.8 Å². The van der Waals surface area contributed by atoms with E-state index in [9.17, 15) is 9.59 Å². The van der Waals surface area contributed by atoms with Crippen molar-refractivity contribution in [2.45, 2.75) is 6.54 Å². The first-order valence-corrected chi connectivity index (χ1v) is 16.8. The number of benzene rings is 5. The predicted molar refractivity (Wildman–Crippen MR) is 197 cm³/mol. The molecule has 10 nitrogen and oxygen atoms in total. The van der Waals surface area contributed by atoms with Gasteiger partial charge in [-0.1, -0.05) is 91.0 Å². The summed E-state index contributed by atoms with van der Waals surface area (Å²) in [5.41, 5.74) is 7.34. The van der Waals surface area contributed by atoms with Gasteiger partial charge in [0, 0.05) is 33.5 Å². The number of aromatic nitrogens is 7. The second-order valence-electron chi connectivity index (χ2n) is 12.9. The van der Waals surface area contributed by atoms with Gasteiger partial charge in [0.2, 0.25) is 0 Å². The van der Waals surface area contributed by atoms with Crippen molar-refractivity contribution in [1.29, 1.82) is 0 Å². The summed E-state index contributed by atoms with van der Waals surface area (Å²) in [6.07, 6.45) is 0. The van der Waals surface area contributed by atoms with Crippen LogP contribution < -0.4 is 4.98 Å². The van der Waals surface area contributed by atoms with Crippen LogP contribution in [-0.2, 0) is 23.6 Å². The van der Waals surface area contributed by atoms with E-state index >= 15 is 0 Å². The van der Waals surface area contributed by atoms with Gasteiger partial charge in [-0.2, -0.15) is 0 Å². The quantitative estimate of drug-likeness (QED) is 0.0998. The van der Waals surface area contributed by atoms with Crippen molar-refractivity contribution in [3.8, 4) is 45.6 Å². The zero-order valence-corrected chi connectivity index (χ0v) is 28.4. The summed E-state index contributed by atoms with van der Waals surface area (Å²) in [5.74, 6) is 1.43. The van der Waals surface area contributed by atoms with Crippen LogP contribution in [0.25, 0.3) is 89.4 Å². The van der Waals surface area contributed by atoms with Crippen molar-refractivity contribution < 1.29 is 26.7 Å². The van der Waals surface area contributed by atoms with E-state index in [1.807, 2.05) is 97.1 Å². The summed E-state index contributed by atoms with van der Waals surface area (Å²) in [6, 6.07) is 38.4. The van der Waals surface area contributed by atoms with Crippen LogP contribution in [0, 0.1) is 0 Å². The zero-order valence-electron chi connectivity index (χ0n) is 27.4. The first kappa shape index (κ1) is 31.0. The van der Waals surface area contributed by atoms with E-state index in [4.69, 9.17) is 34.9 Å². The fourth-order valence-corrected chi connectivity index (χ4v) is 7.38. The first-order valence-electron chi connectivity index (χ1n) is 16.8. The summed E-state index contributed by atoms with van der Waals surface area (Å²) in [5, 5.41) is 3.36. The maximum Gasteiger partial charge on any atom is 2.00 e. The van der Waals surface area contributed by atoms with Gasteiger partial charge in [-0.25, -0.2) is 9.97 Å². The predicted octanol–water partition coefficient (Wildman–Crippen LogP) is 7.68. The Labute approximate surface area is 311 Å². The van der Waals surface area contributed by atoms with Crippen LogP contribution in [0.4, 0.5) is 0 Å². The molecule has 0 unspecified atom stereocenters. The Morgan fingerprint density at radius 1 is 0.472 bits per heavy atom. The second kappa shape index (κ2) is 11.6. The van der Waals surface area contributed by atoms with Crippen molar-refractivity contribution in [3.63, 3.8) is 0 Å². The number of amides is 2. The molecule has 0 N–H and O–H groups in total. The Balaban J connectivity index is 0.00000349. The van der Waals surface area contributed by atoms with E-state index in [1.165, 1.54) is 4.90 Å². The molecule has 253 valence electrons. The van der Waals surface area contributed by atoms with Crippen LogP contribution >= 0.6 is 0 Å². The van der Waals surface area contributed by atoms with Crippen LogP contribution in [0.15, 0.2) is 121 Å². The zero-order chi connectivity index (χ0) is 34.5. The van der Waals surface area contributed by atoms with Gasteiger partial charge in [0.1, 0.15) is 0 Å². The molecule has 53 heavy (non-hydrogen) atoms. The van der Waals surface area contributed by atoms with E-state index in [1.54, 1.807) is 24.3 Å². The minimum absolute atomic E-state index is 0. The molecule has 0 aliphatic carbocycles. The number of hydrogen-bond donors (Lipinski definition) is 0. The molecule has 8 aromatic rings. The molecule has 2 amide bonds. The number of hydrogen-bond acceptors (Lipinski definition) is 8. The van der Waals surface area contributed by atoms with Gasteiger partial charge in [-0.15, -0.1) is 29.0 Å². The largest absolute Gasteiger partial charge is 2.00 e. The molecule has 8 bridgehead atoms. The van der Waals surface area contributed by atoms with E-state index in [2.05, 4.69) is 0 Å². The monoisotopic (exact) mass is 733 g/mol. The number of fused-ring (bicyclic) bond motifs is 21. The van der Waals surface area contributed by atoms with Gasteiger partial charge < -0.3 is 15.0 Å². The summed E-state index contributed by atoms with van der Waals surface area (Å²) in [4.78, 5) is 62.9. The molecular weight excluding hydrogens is 712 g/mol. The number of carbonyl (C=O) groups is 2. The summed E-state index contributed by atoms with van der Waals surface area (Å²) < 4.78 is 0. The fraction of sp³-hybridized carbons (Fsp3) is 0.0238. The molecule has 0 saturated heterocycles. The van der Waals surface area contributed by atoms with Crippen molar-refractivity contribution >= 4 is 55.7 Å². The minimum atomic E-state index is -0.306. The summed E-state index contributed by atoms with van der Waals surface area (Å²) in [7, 11) is 0. The van der Waals surface area contributed by atoms with E-state index in [0.29, 0.717) is 56.8 Å². The smallest absolute Gasteiger partial charge is 0.357 e. The van der Waals surface area contributed by atoms with E-state index in [-0.39, 0.29) is 35.4 Å². The molecule has 0 spiro atoms. The maximum absolute atomic E-state index is 13.3. The standard InChI is InChI=1S/C42H22N8O2.Cu/c51-41-30-15-7-8-16-31(30)42(52)50(41)21-22-17-18-23-32(19-22)34-20-33(23)43-35-24-9-1-3-11-26(24)37(45-35)47-39-28-13-5-6-14-29(28)40(49-39)48-38-27-12-4-2-10-25(27)36(44-34)46-38;/h1-20H,21H2;/q-2;+2. The third kappa shape index (κ3) is 4.68. The van der Waals surface area contributed by atoms with Crippen LogP contribution in [0.1, 0.15) is 26.3 Å². The number of imide groups is 1. The van der Waals surface area contributed by atoms with Crippen molar-refractivity contribution in [3.05, 3.63) is 138 Å². The van der Waals surface area contributed by atoms with Crippen molar-refractivity contribution in [2.75, 3.05) is 0 Å². The minimum Gasteiger partial charge on any atom is -0.357 e. The molecular formula is C42H22CuN8O2. The molecule has 0 saturated carbocycles. The molecule has 6 aromatic carbocycles. The third-order valence-electron chi connectivity index (χ3n) is 9.87.